The molecule has 0 amide bonds. The smallest absolute Gasteiger partial charge is 0.137 e. The highest BCUT2D eigenvalue weighted by Gasteiger charge is 2.33. The molecule has 0 bridgehead atoms. The van der Waals surface area contributed by atoms with Gasteiger partial charge in [-0.25, -0.2) is 4.98 Å². The lowest BCUT2D eigenvalue weighted by Gasteiger charge is -2.33. The van der Waals surface area contributed by atoms with Crippen LogP contribution in [0, 0.1) is 5.92 Å². The molecule has 5 heteroatoms. The predicted octanol–water partition coefficient (Wildman–Crippen LogP) is 1.18. The molecular weight excluding hydrogens is 238 g/mol. The molecule has 5 nitrogen and oxygen atoms in total. The Bertz CT molecular complexity index is 358. The van der Waals surface area contributed by atoms with Gasteiger partial charge < -0.3 is 10.6 Å². The second-order valence-electron chi connectivity index (χ2n) is 5.87. The van der Waals surface area contributed by atoms with Gasteiger partial charge in [0, 0.05) is 18.6 Å². The van der Waals surface area contributed by atoms with E-state index >= 15 is 0 Å². The molecule has 1 saturated carbocycles. The van der Waals surface area contributed by atoms with Crippen molar-refractivity contribution in [2.24, 2.45) is 5.92 Å². The summed E-state index contributed by atoms with van der Waals surface area (Å²) < 4.78 is 1.90. The number of nitrogens with zero attached hydrogens (tertiary/aromatic N) is 3. The van der Waals surface area contributed by atoms with Gasteiger partial charge in [0.2, 0.25) is 0 Å². The fourth-order valence-corrected chi connectivity index (χ4v) is 3.68. The minimum atomic E-state index is 0.694. The van der Waals surface area contributed by atoms with Crippen molar-refractivity contribution in [1.82, 2.24) is 25.4 Å². The van der Waals surface area contributed by atoms with Crippen LogP contribution in [-0.4, -0.2) is 39.9 Å². The molecule has 2 N–H and O–H groups in total. The first kappa shape index (κ1) is 13.1. The molecule has 0 aromatic carbocycles. The summed E-state index contributed by atoms with van der Waals surface area (Å²) in [6, 6.07) is 1.44. The Hall–Kier alpha value is -0.940. The Morgan fingerprint density at radius 3 is 3.00 bits per heavy atom. The summed E-state index contributed by atoms with van der Waals surface area (Å²) in [6.45, 7) is 3.13. The molecule has 1 aliphatic carbocycles. The van der Waals surface area contributed by atoms with E-state index in [0.717, 1.165) is 25.0 Å². The van der Waals surface area contributed by atoms with Crippen LogP contribution < -0.4 is 10.6 Å². The summed E-state index contributed by atoms with van der Waals surface area (Å²) in [6.07, 6.45) is 11.6. The average molecular weight is 263 g/mol. The molecule has 2 heterocycles. The van der Waals surface area contributed by atoms with E-state index in [9.17, 15) is 0 Å². The van der Waals surface area contributed by atoms with E-state index in [0.29, 0.717) is 6.04 Å². The van der Waals surface area contributed by atoms with Crippen molar-refractivity contribution in [3.05, 3.63) is 12.7 Å². The quantitative estimate of drug-likeness (QED) is 0.837. The highest BCUT2D eigenvalue weighted by atomic mass is 15.3. The van der Waals surface area contributed by atoms with Crippen LogP contribution in [0.5, 0.6) is 0 Å². The first-order valence-corrected chi connectivity index (χ1v) is 7.72. The van der Waals surface area contributed by atoms with E-state index < -0.39 is 0 Å². The van der Waals surface area contributed by atoms with Gasteiger partial charge in [0.1, 0.15) is 12.7 Å². The molecule has 1 aromatic heterocycles. The molecule has 106 valence electrons. The number of piperidine rings is 1. The Kier molecular flexibility index (Phi) is 4.45. The largest absolute Gasteiger partial charge is 0.314 e. The van der Waals surface area contributed by atoms with Crippen LogP contribution in [0.15, 0.2) is 12.7 Å². The van der Waals surface area contributed by atoms with E-state index in [2.05, 4.69) is 20.7 Å². The second-order valence-corrected chi connectivity index (χ2v) is 5.87. The molecule has 0 spiro atoms. The van der Waals surface area contributed by atoms with Gasteiger partial charge in [-0.1, -0.05) is 12.8 Å². The van der Waals surface area contributed by atoms with Gasteiger partial charge in [-0.15, -0.1) is 0 Å². The molecule has 3 atom stereocenters. The lowest BCUT2D eigenvalue weighted by molar-refractivity contribution is 0.256. The molecule has 1 aromatic rings. The highest BCUT2D eigenvalue weighted by molar-refractivity contribution is 4.92. The van der Waals surface area contributed by atoms with E-state index in [4.69, 9.17) is 0 Å². The minimum Gasteiger partial charge on any atom is -0.314 e. The fourth-order valence-electron chi connectivity index (χ4n) is 3.68. The van der Waals surface area contributed by atoms with Crippen LogP contribution in [0.3, 0.4) is 0 Å². The molecule has 3 unspecified atom stereocenters. The molecule has 1 saturated heterocycles. The maximum atomic E-state index is 4.14. The zero-order valence-electron chi connectivity index (χ0n) is 11.6. The van der Waals surface area contributed by atoms with Crippen molar-refractivity contribution in [3.63, 3.8) is 0 Å². The van der Waals surface area contributed by atoms with Gasteiger partial charge in [0.05, 0.1) is 6.54 Å². The summed E-state index contributed by atoms with van der Waals surface area (Å²) in [5.41, 5.74) is 0. The number of hydrogen-bond donors (Lipinski definition) is 2. The molecule has 0 radical (unpaired) electrons. The van der Waals surface area contributed by atoms with Gasteiger partial charge in [-0.05, 0) is 38.1 Å². The van der Waals surface area contributed by atoms with Crippen molar-refractivity contribution >= 4 is 0 Å². The summed E-state index contributed by atoms with van der Waals surface area (Å²) in [5, 5.41) is 11.6. The zero-order valence-corrected chi connectivity index (χ0v) is 11.6. The Balaban J connectivity index is 1.46. The number of aromatic nitrogens is 3. The van der Waals surface area contributed by atoms with Crippen LogP contribution in [0.25, 0.3) is 0 Å². The predicted molar refractivity (Wildman–Crippen MR) is 74.8 cm³/mol. The summed E-state index contributed by atoms with van der Waals surface area (Å²) in [5.74, 6) is 0.830. The monoisotopic (exact) mass is 263 g/mol. The van der Waals surface area contributed by atoms with E-state index in [1.165, 1.54) is 45.1 Å². The second kappa shape index (κ2) is 6.48. The van der Waals surface area contributed by atoms with E-state index in [1.54, 1.807) is 12.7 Å². The fraction of sp³-hybridized carbons (Fsp3) is 0.857. The van der Waals surface area contributed by atoms with Crippen molar-refractivity contribution in [2.75, 3.05) is 13.1 Å². The lowest BCUT2D eigenvalue weighted by Crippen LogP contribution is -2.47. The summed E-state index contributed by atoms with van der Waals surface area (Å²) in [4.78, 5) is 3.98. The Morgan fingerprint density at radius 2 is 2.21 bits per heavy atom. The van der Waals surface area contributed by atoms with E-state index in [-0.39, 0.29) is 0 Å². The lowest BCUT2D eigenvalue weighted by atomic mass is 9.88. The standard InChI is InChI=1S/C14H25N5/c1-2-7-16-13(5-1)12-4-3-6-14(12)17-8-9-19-11-15-10-18-19/h10-14,16-17H,1-9H2. The number of rotatable bonds is 5. The Labute approximate surface area is 115 Å². The molecule has 2 fully saturated rings. The van der Waals surface area contributed by atoms with Crippen LogP contribution >= 0.6 is 0 Å². The van der Waals surface area contributed by atoms with Crippen molar-refractivity contribution in [3.8, 4) is 0 Å². The molecule has 3 rings (SSSR count). The molecular formula is C14H25N5. The third-order valence-corrected chi connectivity index (χ3v) is 4.65. The Morgan fingerprint density at radius 1 is 1.21 bits per heavy atom. The topological polar surface area (TPSA) is 54.8 Å². The van der Waals surface area contributed by atoms with Crippen molar-refractivity contribution in [2.45, 2.75) is 57.2 Å². The SMILES string of the molecule is c1ncn(CCNC2CCCC2C2CCCCN2)n1. The molecule has 19 heavy (non-hydrogen) atoms. The summed E-state index contributed by atoms with van der Waals surface area (Å²) in [7, 11) is 0. The molecule has 2 aliphatic rings. The highest BCUT2D eigenvalue weighted by Crippen LogP contribution is 2.31. The maximum Gasteiger partial charge on any atom is 0.137 e. The average Bonchev–Trinajstić information content (AvgIpc) is 3.11. The van der Waals surface area contributed by atoms with Crippen LogP contribution in [-0.2, 0) is 6.54 Å². The normalized spacial score (nSPS) is 31.7. The van der Waals surface area contributed by atoms with Crippen molar-refractivity contribution < 1.29 is 0 Å². The first-order valence-electron chi connectivity index (χ1n) is 7.72. The van der Waals surface area contributed by atoms with Gasteiger partial charge in [0.15, 0.2) is 0 Å². The van der Waals surface area contributed by atoms with E-state index in [1.807, 2.05) is 4.68 Å². The molecule has 1 aliphatic heterocycles. The third kappa shape index (κ3) is 3.34. The van der Waals surface area contributed by atoms with Crippen LogP contribution in [0.4, 0.5) is 0 Å². The summed E-state index contributed by atoms with van der Waals surface area (Å²) >= 11 is 0. The third-order valence-electron chi connectivity index (χ3n) is 4.65. The van der Waals surface area contributed by atoms with Gasteiger partial charge in [0.25, 0.3) is 0 Å². The van der Waals surface area contributed by atoms with Crippen LogP contribution in [0.2, 0.25) is 0 Å². The number of hydrogen-bond acceptors (Lipinski definition) is 4. The van der Waals surface area contributed by atoms with Gasteiger partial charge in [-0.2, -0.15) is 5.10 Å². The first-order chi connectivity index (χ1) is 9.43. The van der Waals surface area contributed by atoms with Gasteiger partial charge in [-0.3, -0.25) is 4.68 Å². The van der Waals surface area contributed by atoms with Crippen molar-refractivity contribution in [1.29, 1.82) is 0 Å². The minimum absolute atomic E-state index is 0.694. The van der Waals surface area contributed by atoms with Gasteiger partial charge >= 0.3 is 0 Å². The zero-order chi connectivity index (χ0) is 12.9. The maximum absolute atomic E-state index is 4.14. The number of nitrogens with one attached hydrogen (secondary N) is 2. The van der Waals surface area contributed by atoms with Crippen LogP contribution in [0.1, 0.15) is 38.5 Å².